The van der Waals surface area contributed by atoms with Crippen molar-refractivity contribution in [3.8, 4) is 0 Å². The fourth-order valence-electron chi connectivity index (χ4n) is 1.50. The monoisotopic (exact) mass is 258 g/mol. The molecule has 17 heavy (non-hydrogen) atoms. The molecule has 0 radical (unpaired) electrons. The molecule has 6 heteroatoms. The maximum atomic E-state index is 11.2. The fraction of sp³-hybridized carbons (Fsp3) is 0.455. The van der Waals surface area contributed by atoms with Gasteiger partial charge in [-0.15, -0.1) is 0 Å². The van der Waals surface area contributed by atoms with E-state index in [9.17, 15) is 13.5 Å². The molecule has 1 unspecified atom stereocenters. The van der Waals surface area contributed by atoms with Crippen LogP contribution in [0.15, 0.2) is 24.3 Å². The van der Waals surface area contributed by atoms with Gasteiger partial charge in [-0.3, -0.25) is 0 Å². The summed E-state index contributed by atoms with van der Waals surface area (Å²) in [6.07, 6.45) is -0.867. The summed E-state index contributed by atoms with van der Waals surface area (Å²) in [5.74, 6) is 0. The number of nitrogens with zero attached hydrogens (tertiary/aromatic N) is 1. The first-order chi connectivity index (χ1) is 7.84. The highest BCUT2D eigenvalue weighted by molar-refractivity contribution is 7.86. The fourth-order valence-corrected chi connectivity index (χ4v) is 2.21. The molecule has 3 N–H and O–H groups in total. The second-order valence-electron chi connectivity index (χ2n) is 3.92. The number of hydrogen-bond acceptors (Lipinski definition) is 3. The lowest BCUT2D eigenvalue weighted by atomic mass is 10.1. The van der Waals surface area contributed by atoms with E-state index < -0.39 is 16.3 Å². The Morgan fingerprint density at radius 3 is 2.29 bits per heavy atom. The molecule has 1 aromatic rings. The van der Waals surface area contributed by atoms with E-state index in [0.717, 1.165) is 9.87 Å². The summed E-state index contributed by atoms with van der Waals surface area (Å²) in [4.78, 5) is 0. The SMILES string of the molecule is CCN(CC(O)c1ccc(C)cc1)S(N)(=O)=O. The van der Waals surface area contributed by atoms with Gasteiger partial charge in [-0.05, 0) is 12.5 Å². The van der Waals surface area contributed by atoms with Crippen LogP contribution in [0.4, 0.5) is 0 Å². The molecule has 0 amide bonds. The zero-order valence-electron chi connectivity index (χ0n) is 10.00. The van der Waals surface area contributed by atoms with Crippen molar-refractivity contribution >= 4 is 10.2 Å². The third-order valence-corrected chi connectivity index (χ3v) is 3.68. The molecule has 0 aliphatic rings. The van der Waals surface area contributed by atoms with Crippen molar-refractivity contribution in [2.45, 2.75) is 20.0 Å². The molecule has 0 aliphatic heterocycles. The van der Waals surface area contributed by atoms with Crippen molar-refractivity contribution in [2.75, 3.05) is 13.1 Å². The Labute approximate surface area is 102 Å². The molecule has 0 aromatic heterocycles. The first-order valence-corrected chi connectivity index (χ1v) is 6.87. The molecule has 0 fully saturated rings. The average molecular weight is 258 g/mol. The van der Waals surface area contributed by atoms with Gasteiger partial charge >= 0.3 is 0 Å². The standard InChI is InChI=1S/C11H18N2O3S/c1-3-13(17(12,15)16)8-11(14)10-6-4-9(2)5-7-10/h4-7,11,14H,3,8H2,1-2H3,(H2,12,15,16). The molecule has 1 atom stereocenters. The van der Waals surface area contributed by atoms with E-state index in [1.807, 2.05) is 19.1 Å². The smallest absolute Gasteiger partial charge is 0.276 e. The number of benzene rings is 1. The van der Waals surface area contributed by atoms with E-state index in [2.05, 4.69) is 0 Å². The second kappa shape index (κ2) is 5.59. The van der Waals surface area contributed by atoms with Crippen LogP contribution in [-0.4, -0.2) is 30.9 Å². The number of aliphatic hydroxyl groups excluding tert-OH is 1. The highest BCUT2D eigenvalue weighted by Crippen LogP contribution is 2.15. The molecule has 1 aromatic carbocycles. The molecule has 0 saturated heterocycles. The minimum absolute atomic E-state index is 0.0294. The van der Waals surface area contributed by atoms with Crippen molar-refractivity contribution < 1.29 is 13.5 Å². The van der Waals surface area contributed by atoms with Gasteiger partial charge in [0.2, 0.25) is 0 Å². The molecule has 5 nitrogen and oxygen atoms in total. The summed E-state index contributed by atoms with van der Waals surface area (Å²) in [6.45, 7) is 3.82. The topological polar surface area (TPSA) is 83.6 Å². The summed E-state index contributed by atoms with van der Waals surface area (Å²) < 4.78 is 23.4. The van der Waals surface area contributed by atoms with Crippen LogP contribution in [0.25, 0.3) is 0 Å². The van der Waals surface area contributed by atoms with E-state index >= 15 is 0 Å². The Morgan fingerprint density at radius 2 is 1.88 bits per heavy atom. The molecular formula is C11H18N2O3S. The summed E-state index contributed by atoms with van der Waals surface area (Å²) in [5.41, 5.74) is 1.76. The van der Waals surface area contributed by atoms with Crippen LogP contribution < -0.4 is 5.14 Å². The summed E-state index contributed by atoms with van der Waals surface area (Å²) in [7, 11) is -3.75. The number of aliphatic hydroxyl groups is 1. The van der Waals surface area contributed by atoms with Gasteiger partial charge in [0.25, 0.3) is 10.2 Å². The molecule has 0 saturated carbocycles. The third-order valence-electron chi connectivity index (χ3n) is 2.55. The number of likely N-dealkylation sites (N-methyl/N-ethyl adjacent to an activating group) is 1. The van der Waals surface area contributed by atoms with Crippen LogP contribution in [0.5, 0.6) is 0 Å². The predicted octanol–water partition coefficient (Wildman–Crippen LogP) is 0.554. The molecular weight excluding hydrogens is 240 g/mol. The number of aryl methyl sites for hydroxylation is 1. The minimum Gasteiger partial charge on any atom is -0.387 e. The molecule has 0 spiro atoms. The lowest BCUT2D eigenvalue weighted by molar-refractivity contribution is 0.149. The van der Waals surface area contributed by atoms with Crippen LogP contribution in [0.3, 0.4) is 0 Å². The number of nitrogens with two attached hydrogens (primary N) is 1. The van der Waals surface area contributed by atoms with Crippen molar-refractivity contribution in [1.29, 1.82) is 0 Å². The van der Waals surface area contributed by atoms with E-state index in [-0.39, 0.29) is 13.1 Å². The van der Waals surface area contributed by atoms with Crippen molar-refractivity contribution in [1.82, 2.24) is 4.31 Å². The van der Waals surface area contributed by atoms with E-state index in [1.165, 1.54) is 0 Å². The Bertz CT molecular complexity index is 456. The van der Waals surface area contributed by atoms with E-state index in [0.29, 0.717) is 5.56 Å². The highest BCUT2D eigenvalue weighted by Gasteiger charge is 2.19. The second-order valence-corrected chi connectivity index (χ2v) is 5.47. The van der Waals surface area contributed by atoms with Crippen LogP contribution in [0.1, 0.15) is 24.2 Å². The lowest BCUT2D eigenvalue weighted by Gasteiger charge is -2.21. The van der Waals surface area contributed by atoms with Gasteiger partial charge in [-0.1, -0.05) is 36.8 Å². The van der Waals surface area contributed by atoms with Crippen molar-refractivity contribution in [3.05, 3.63) is 35.4 Å². The Hall–Kier alpha value is -0.950. The quantitative estimate of drug-likeness (QED) is 0.809. The molecule has 0 bridgehead atoms. The van der Waals surface area contributed by atoms with Gasteiger partial charge in [0.15, 0.2) is 0 Å². The average Bonchev–Trinajstić information content (AvgIpc) is 2.24. The van der Waals surface area contributed by atoms with E-state index in [1.54, 1.807) is 19.1 Å². The Morgan fingerprint density at radius 1 is 1.35 bits per heavy atom. The third kappa shape index (κ3) is 4.08. The minimum atomic E-state index is -3.75. The van der Waals surface area contributed by atoms with Crippen LogP contribution in [0.2, 0.25) is 0 Å². The first kappa shape index (κ1) is 14.1. The number of rotatable bonds is 5. The van der Waals surface area contributed by atoms with E-state index in [4.69, 9.17) is 5.14 Å². The van der Waals surface area contributed by atoms with Crippen LogP contribution in [-0.2, 0) is 10.2 Å². The van der Waals surface area contributed by atoms with Gasteiger partial charge in [0, 0.05) is 13.1 Å². The molecule has 0 aliphatic carbocycles. The zero-order valence-corrected chi connectivity index (χ0v) is 10.8. The van der Waals surface area contributed by atoms with Gasteiger partial charge in [0.05, 0.1) is 6.10 Å². The normalized spacial score (nSPS) is 13.9. The largest absolute Gasteiger partial charge is 0.387 e. The van der Waals surface area contributed by atoms with Crippen molar-refractivity contribution in [3.63, 3.8) is 0 Å². The zero-order chi connectivity index (χ0) is 13.1. The first-order valence-electron chi connectivity index (χ1n) is 5.37. The van der Waals surface area contributed by atoms with Gasteiger partial charge < -0.3 is 5.11 Å². The summed E-state index contributed by atoms with van der Waals surface area (Å²) in [6, 6.07) is 7.28. The maximum absolute atomic E-state index is 11.2. The Balaban J connectivity index is 2.78. The Kier molecular flexibility index (Phi) is 4.64. The van der Waals surface area contributed by atoms with Gasteiger partial charge in [-0.2, -0.15) is 12.7 Å². The predicted molar refractivity (Wildman–Crippen MR) is 66.5 cm³/mol. The van der Waals surface area contributed by atoms with Gasteiger partial charge in [-0.25, -0.2) is 5.14 Å². The number of hydrogen-bond donors (Lipinski definition) is 2. The molecule has 1 rings (SSSR count). The van der Waals surface area contributed by atoms with Crippen molar-refractivity contribution in [2.24, 2.45) is 5.14 Å². The molecule has 0 heterocycles. The summed E-state index contributed by atoms with van der Waals surface area (Å²) in [5, 5.41) is 14.9. The lowest BCUT2D eigenvalue weighted by Crippen LogP contribution is -2.39. The van der Waals surface area contributed by atoms with Gasteiger partial charge in [0.1, 0.15) is 0 Å². The highest BCUT2D eigenvalue weighted by atomic mass is 32.2. The maximum Gasteiger partial charge on any atom is 0.276 e. The van der Waals surface area contributed by atoms with Crippen LogP contribution in [0, 0.1) is 6.92 Å². The van der Waals surface area contributed by atoms with Crippen LogP contribution >= 0.6 is 0 Å². The molecule has 96 valence electrons. The summed E-state index contributed by atoms with van der Waals surface area (Å²) >= 11 is 0.